The van der Waals surface area contributed by atoms with E-state index in [1.165, 1.54) is 0 Å². The van der Waals surface area contributed by atoms with Gasteiger partial charge in [0, 0.05) is 18.0 Å². The number of benzene rings is 1. The maximum Gasteiger partial charge on any atom is 0.151 e. The number of nitrogens with two attached hydrogens (primary N) is 1. The van der Waals surface area contributed by atoms with Gasteiger partial charge in [0.25, 0.3) is 0 Å². The van der Waals surface area contributed by atoms with Crippen molar-refractivity contribution in [3.63, 3.8) is 0 Å². The number of sulfone groups is 1. The summed E-state index contributed by atoms with van der Waals surface area (Å²) in [4.78, 5) is 0. The van der Waals surface area contributed by atoms with E-state index in [1.54, 1.807) is 19.1 Å². The predicted octanol–water partition coefficient (Wildman–Crippen LogP) is 2.42. The highest BCUT2D eigenvalue weighted by Gasteiger charge is 2.10. The first kappa shape index (κ1) is 14.4. The summed E-state index contributed by atoms with van der Waals surface area (Å²) in [6, 6.07) is 3.12. The van der Waals surface area contributed by atoms with E-state index in [9.17, 15) is 8.42 Å². The van der Waals surface area contributed by atoms with Crippen molar-refractivity contribution < 1.29 is 8.42 Å². The third-order valence-electron chi connectivity index (χ3n) is 2.22. The molecule has 0 aliphatic carbocycles. The largest absolute Gasteiger partial charge is 0.399 e. The monoisotopic (exact) mass is 296 g/mol. The summed E-state index contributed by atoms with van der Waals surface area (Å²) < 4.78 is 22.6. The molecule has 96 valence electrons. The SMILES string of the molecule is CCS(=O)(=O)CCNc1c(Cl)cc(N)cc1Cl. The van der Waals surface area contributed by atoms with Gasteiger partial charge in [0.2, 0.25) is 0 Å². The van der Waals surface area contributed by atoms with Gasteiger partial charge in [0.15, 0.2) is 9.84 Å². The first-order valence-electron chi connectivity index (χ1n) is 5.04. The van der Waals surface area contributed by atoms with Crippen molar-refractivity contribution in [2.45, 2.75) is 6.92 Å². The topological polar surface area (TPSA) is 72.2 Å². The van der Waals surface area contributed by atoms with Crippen molar-refractivity contribution in [1.82, 2.24) is 0 Å². The van der Waals surface area contributed by atoms with Crippen molar-refractivity contribution in [2.75, 3.05) is 29.1 Å². The van der Waals surface area contributed by atoms with E-state index in [0.29, 0.717) is 21.4 Å². The van der Waals surface area contributed by atoms with Crippen LogP contribution in [-0.2, 0) is 9.84 Å². The van der Waals surface area contributed by atoms with E-state index in [2.05, 4.69) is 5.32 Å². The average molecular weight is 297 g/mol. The Kier molecular flexibility index (Phi) is 4.91. The van der Waals surface area contributed by atoms with Gasteiger partial charge in [-0.3, -0.25) is 0 Å². The molecule has 0 unspecified atom stereocenters. The molecule has 0 bridgehead atoms. The fourth-order valence-corrected chi connectivity index (χ4v) is 2.58. The van der Waals surface area contributed by atoms with Gasteiger partial charge in [-0.2, -0.15) is 0 Å². The third-order valence-corrected chi connectivity index (χ3v) is 4.52. The summed E-state index contributed by atoms with van der Waals surface area (Å²) in [6.07, 6.45) is 0. The molecule has 0 saturated carbocycles. The van der Waals surface area contributed by atoms with Crippen LogP contribution >= 0.6 is 23.2 Å². The molecule has 0 spiro atoms. The maximum absolute atomic E-state index is 11.3. The lowest BCUT2D eigenvalue weighted by atomic mass is 10.3. The molecule has 4 nitrogen and oxygen atoms in total. The minimum atomic E-state index is -3.00. The van der Waals surface area contributed by atoms with Crippen LogP contribution in [0.3, 0.4) is 0 Å². The van der Waals surface area contributed by atoms with Crippen molar-refractivity contribution in [3.05, 3.63) is 22.2 Å². The zero-order valence-corrected chi connectivity index (χ0v) is 11.7. The highest BCUT2D eigenvalue weighted by Crippen LogP contribution is 2.32. The fourth-order valence-electron chi connectivity index (χ4n) is 1.24. The molecule has 0 fully saturated rings. The molecule has 0 radical (unpaired) electrons. The summed E-state index contributed by atoms with van der Waals surface area (Å²) in [5, 5.41) is 3.66. The molecule has 0 aliphatic heterocycles. The second-order valence-corrected chi connectivity index (χ2v) is 6.81. The summed E-state index contributed by atoms with van der Waals surface area (Å²) in [5.74, 6) is 0.165. The Morgan fingerprint density at radius 1 is 1.29 bits per heavy atom. The number of nitrogens with one attached hydrogen (secondary N) is 1. The minimum Gasteiger partial charge on any atom is -0.399 e. The van der Waals surface area contributed by atoms with Crippen molar-refractivity contribution in [3.8, 4) is 0 Å². The molecule has 0 amide bonds. The number of hydrogen-bond acceptors (Lipinski definition) is 4. The van der Waals surface area contributed by atoms with Gasteiger partial charge in [-0.25, -0.2) is 8.42 Å². The Morgan fingerprint density at radius 2 is 1.82 bits per heavy atom. The van der Waals surface area contributed by atoms with Crippen molar-refractivity contribution in [1.29, 1.82) is 0 Å². The quantitative estimate of drug-likeness (QED) is 0.819. The third kappa shape index (κ3) is 4.26. The molecule has 0 aromatic heterocycles. The first-order valence-corrected chi connectivity index (χ1v) is 7.62. The zero-order valence-electron chi connectivity index (χ0n) is 9.33. The molecule has 0 atom stereocenters. The van der Waals surface area contributed by atoms with Crippen LogP contribution in [0.1, 0.15) is 6.92 Å². The van der Waals surface area contributed by atoms with Crippen LogP contribution in [0.2, 0.25) is 10.0 Å². The van der Waals surface area contributed by atoms with Gasteiger partial charge in [-0.1, -0.05) is 30.1 Å². The normalized spacial score (nSPS) is 11.5. The lowest BCUT2D eigenvalue weighted by Crippen LogP contribution is -2.17. The molecule has 0 heterocycles. The molecular formula is C10H14Cl2N2O2S. The van der Waals surface area contributed by atoms with E-state index >= 15 is 0 Å². The van der Waals surface area contributed by atoms with Crippen LogP contribution in [0.4, 0.5) is 11.4 Å². The van der Waals surface area contributed by atoms with Crippen LogP contribution in [-0.4, -0.2) is 26.5 Å². The highest BCUT2D eigenvalue weighted by atomic mass is 35.5. The summed E-state index contributed by atoms with van der Waals surface area (Å²) in [7, 11) is -3.00. The molecule has 3 N–H and O–H groups in total. The number of rotatable bonds is 5. The van der Waals surface area contributed by atoms with E-state index in [-0.39, 0.29) is 18.1 Å². The van der Waals surface area contributed by atoms with Crippen LogP contribution in [0.5, 0.6) is 0 Å². The van der Waals surface area contributed by atoms with E-state index in [4.69, 9.17) is 28.9 Å². The first-order chi connectivity index (χ1) is 7.85. The summed E-state index contributed by atoms with van der Waals surface area (Å²) in [5.41, 5.74) is 6.53. The molecule has 1 aromatic carbocycles. The van der Waals surface area contributed by atoms with Crippen LogP contribution in [0.15, 0.2) is 12.1 Å². The zero-order chi connectivity index (χ0) is 13.1. The Morgan fingerprint density at radius 3 is 2.29 bits per heavy atom. The lowest BCUT2D eigenvalue weighted by Gasteiger charge is -2.11. The Balaban J connectivity index is 2.71. The summed E-state index contributed by atoms with van der Waals surface area (Å²) in [6.45, 7) is 1.87. The number of hydrogen-bond donors (Lipinski definition) is 2. The molecule has 0 aliphatic rings. The molecule has 1 rings (SSSR count). The van der Waals surface area contributed by atoms with Crippen LogP contribution in [0.25, 0.3) is 0 Å². The van der Waals surface area contributed by atoms with E-state index in [1.807, 2.05) is 0 Å². The number of halogens is 2. The minimum absolute atomic E-state index is 0.0422. The lowest BCUT2D eigenvalue weighted by molar-refractivity contribution is 0.597. The van der Waals surface area contributed by atoms with Crippen molar-refractivity contribution in [2.24, 2.45) is 0 Å². The maximum atomic E-state index is 11.3. The highest BCUT2D eigenvalue weighted by molar-refractivity contribution is 7.91. The van der Waals surface area contributed by atoms with Gasteiger partial charge >= 0.3 is 0 Å². The number of anilines is 2. The average Bonchev–Trinajstić information content (AvgIpc) is 2.22. The number of nitrogen functional groups attached to an aromatic ring is 1. The molecule has 0 saturated heterocycles. The standard InChI is InChI=1S/C10H14Cl2N2O2S/c1-2-17(15,16)4-3-14-10-8(11)5-7(13)6-9(10)12/h5-6,14H,2-4,13H2,1H3. The van der Waals surface area contributed by atoms with E-state index in [0.717, 1.165) is 0 Å². The Labute approximate surface area is 111 Å². The summed E-state index contributed by atoms with van der Waals surface area (Å²) >= 11 is 11.9. The molecule has 1 aromatic rings. The Bertz CT molecular complexity index is 480. The smallest absolute Gasteiger partial charge is 0.151 e. The Hall–Kier alpha value is -0.650. The fraction of sp³-hybridized carbons (Fsp3) is 0.400. The van der Waals surface area contributed by atoms with Gasteiger partial charge in [-0.15, -0.1) is 0 Å². The molecular weight excluding hydrogens is 283 g/mol. The van der Waals surface area contributed by atoms with E-state index < -0.39 is 9.84 Å². The van der Waals surface area contributed by atoms with Gasteiger partial charge in [0.05, 0.1) is 21.5 Å². The van der Waals surface area contributed by atoms with Gasteiger partial charge in [0.1, 0.15) is 0 Å². The van der Waals surface area contributed by atoms with Crippen molar-refractivity contribution >= 4 is 44.4 Å². The second-order valence-electron chi connectivity index (χ2n) is 3.52. The molecule has 17 heavy (non-hydrogen) atoms. The van der Waals surface area contributed by atoms with Gasteiger partial charge < -0.3 is 11.1 Å². The molecule has 7 heteroatoms. The van der Waals surface area contributed by atoms with Gasteiger partial charge in [-0.05, 0) is 12.1 Å². The second kappa shape index (κ2) is 5.80. The van der Waals surface area contributed by atoms with Crippen LogP contribution in [0, 0.1) is 0 Å². The predicted molar refractivity (Wildman–Crippen MR) is 73.7 cm³/mol. The van der Waals surface area contributed by atoms with Crippen LogP contribution < -0.4 is 11.1 Å².